The van der Waals surface area contributed by atoms with Gasteiger partial charge < -0.3 is 9.47 Å². The van der Waals surface area contributed by atoms with Crippen LogP contribution in [-0.4, -0.2) is 28.6 Å². The van der Waals surface area contributed by atoms with Gasteiger partial charge in [0.15, 0.2) is 6.10 Å². The molecule has 26 heavy (non-hydrogen) atoms. The Labute approximate surface area is 151 Å². The normalized spacial score (nSPS) is 12.1. The van der Waals surface area contributed by atoms with E-state index in [-0.39, 0.29) is 12.2 Å². The van der Waals surface area contributed by atoms with Crippen molar-refractivity contribution in [3.05, 3.63) is 81.9 Å². The van der Waals surface area contributed by atoms with Gasteiger partial charge in [-0.2, -0.15) is 0 Å². The summed E-state index contributed by atoms with van der Waals surface area (Å²) in [7, 11) is 1.47. The van der Waals surface area contributed by atoms with Crippen molar-refractivity contribution in [3.63, 3.8) is 0 Å². The minimum atomic E-state index is -0.707. The Morgan fingerprint density at radius 1 is 1.19 bits per heavy atom. The molecule has 1 aromatic carbocycles. The lowest BCUT2D eigenvalue weighted by atomic mass is 10.1. The molecule has 6 nitrogen and oxygen atoms in total. The lowest BCUT2D eigenvalue weighted by Crippen LogP contribution is -2.28. The van der Waals surface area contributed by atoms with Gasteiger partial charge in [0.25, 0.3) is 5.56 Å². The van der Waals surface area contributed by atoms with Gasteiger partial charge in [0.2, 0.25) is 0 Å². The first-order chi connectivity index (χ1) is 12.6. The van der Waals surface area contributed by atoms with E-state index in [4.69, 9.17) is 9.47 Å². The summed E-state index contributed by atoms with van der Waals surface area (Å²) in [4.78, 5) is 28.8. The van der Waals surface area contributed by atoms with Crippen LogP contribution in [0.2, 0.25) is 0 Å². The fourth-order valence-corrected chi connectivity index (χ4v) is 2.66. The number of carbonyl (C=O) groups is 1. The Hall–Kier alpha value is -2.99. The number of benzene rings is 1. The van der Waals surface area contributed by atoms with E-state index < -0.39 is 12.1 Å². The van der Waals surface area contributed by atoms with Gasteiger partial charge in [-0.25, -0.2) is 9.78 Å². The monoisotopic (exact) mass is 352 g/mol. The number of pyridine rings is 1. The molecular formula is C20H20N2O4. The molecule has 0 N–H and O–H groups in total. The van der Waals surface area contributed by atoms with Crippen molar-refractivity contribution in [1.29, 1.82) is 0 Å². The molecule has 0 radical (unpaired) electrons. The molecule has 0 bridgehead atoms. The summed E-state index contributed by atoms with van der Waals surface area (Å²) in [5, 5.41) is 0. The molecule has 3 rings (SSSR count). The standard InChI is InChI=1S/C20H20N2O4/c1-14-8-9-18-21-16(11-19(23)22(18)12-14)13-26-20(24)17(25-2)10-15-6-4-3-5-7-15/h3-9,11-12,17H,10,13H2,1-2H3. The van der Waals surface area contributed by atoms with Crippen LogP contribution < -0.4 is 5.56 Å². The zero-order chi connectivity index (χ0) is 18.5. The molecule has 0 spiro atoms. The van der Waals surface area contributed by atoms with Gasteiger partial charge in [0, 0.05) is 25.8 Å². The molecule has 6 heteroatoms. The summed E-state index contributed by atoms with van der Waals surface area (Å²) < 4.78 is 12.0. The van der Waals surface area contributed by atoms with Gasteiger partial charge in [0.05, 0.1) is 5.69 Å². The van der Waals surface area contributed by atoms with Crippen molar-refractivity contribution >= 4 is 11.6 Å². The van der Waals surface area contributed by atoms with E-state index in [1.807, 2.05) is 43.3 Å². The van der Waals surface area contributed by atoms with Crippen LogP contribution >= 0.6 is 0 Å². The summed E-state index contributed by atoms with van der Waals surface area (Å²) in [5.41, 5.74) is 2.65. The van der Waals surface area contributed by atoms with Crippen LogP contribution in [0.1, 0.15) is 16.8 Å². The van der Waals surface area contributed by atoms with E-state index in [1.165, 1.54) is 17.6 Å². The highest BCUT2D eigenvalue weighted by Gasteiger charge is 2.20. The van der Waals surface area contributed by atoms with Crippen molar-refractivity contribution in [2.75, 3.05) is 7.11 Å². The van der Waals surface area contributed by atoms with Crippen molar-refractivity contribution in [1.82, 2.24) is 9.38 Å². The third-order valence-electron chi connectivity index (χ3n) is 4.03. The molecule has 1 atom stereocenters. The predicted molar refractivity (Wildman–Crippen MR) is 96.9 cm³/mol. The van der Waals surface area contributed by atoms with Crippen LogP contribution in [0, 0.1) is 6.92 Å². The van der Waals surface area contributed by atoms with E-state index in [9.17, 15) is 9.59 Å². The topological polar surface area (TPSA) is 69.9 Å². The fraction of sp³-hybridized carbons (Fsp3) is 0.250. The van der Waals surface area contributed by atoms with Crippen LogP contribution in [0.5, 0.6) is 0 Å². The lowest BCUT2D eigenvalue weighted by Gasteiger charge is -2.14. The molecule has 0 aliphatic heterocycles. The number of hydrogen-bond donors (Lipinski definition) is 0. The molecule has 0 aliphatic rings. The molecule has 2 aromatic heterocycles. The Bertz CT molecular complexity index is 966. The van der Waals surface area contributed by atoms with Gasteiger partial charge in [-0.15, -0.1) is 0 Å². The lowest BCUT2D eigenvalue weighted by molar-refractivity contribution is -0.156. The third kappa shape index (κ3) is 4.15. The van der Waals surface area contributed by atoms with Crippen LogP contribution in [0.3, 0.4) is 0 Å². The highest BCUT2D eigenvalue weighted by molar-refractivity contribution is 5.75. The van der Waals surface area contributed by atoms with Crippen molar-refractivity contribution in [2.45, 2.75) is 26.1 Å². The smallest absolute Gasteiger partial charge is 0.335 e. The van der Waals surface area contributed by atoms with E-state index in [0.717, 1.165) is 11.1 Å². The van der Waals surface area contributed by atoms with Gasteiger partial charge in [0.1, 0.15) is 12.3 Å². The quantitative estimate of drug-likeness (QED) is 0.637. The third-order valence-corrected chi connectivity index (χ3v) is 4.03. The van der Waals surface area contributed by atoms with Gasteiger partial charge in [-0.3, -0.25) is 9.20 Å². The number of ether oxygens (including phenoxy) is 2. The van der Waals surface area contributed by atoms with Crippen LogP contribution in [0.4, 0.5) is 0 Å². The van der Waals surface area contributed by atoms with Crippen molar-refractivity contribution in [3.8, 4) is 0 Å². The number of fused-ring (bicyclic) bond motifs is 1. The van der Waals surface area contributed by atoms with Crippen molar-refractivity contribution in [2.24, 2.45) is 0 Å². The number of aryl methyl sites for hydroxylation is 1. The molecule has 0 amide bonds. The summed E-state index contributed by atoms with van der Waals surface area (Å²) in [6.45, 7) is 1.83. The molecule has 1 unspecified atom stereocenters. The minimum Gasteiger partial charge on any atom is -0.457 e. The second-order valence-corrected chi connectivity index (χ2v) is 6.04. The second-order valence-electron chi connectivity index (χ2n) is 6.04. The van der Waals surface area contributed by atoms with E-state index >= 15 is 0 Å². The van der Waals surface area contributed by atoms with Gasteiger partial charge in [-0.1, -0.05) is 36.4 Å². The Balaban J connectivity index is 1.69. The highest BCUT2D eigenvalue weighted by atomic mass is 16.6. The van der Waals surface area contributed by atoms with E-state index in [2.05, 4.69) is 4.98 Å². The average molecular weight is 352 g/mol. The molecule has 0 fully saturated rings. The van der Waals surface area contributed by atoms with Crippen LogP contribution in [-0.2, 0) is 27.3 Å². The predicted octanol–water partition coefficient (Wildman–Crippen LogP) is 2.30. The molecule has 0 saturated heterocycles. The second kappa shape index (κ2) is 7.93. The first-order valence-electron chi connectivity index (χ1n) is 8.29. The molecule has 3 aromatic rings. The molecule has 0 saturated carbocycles. The molecule has 134 valence electrons. The maximum atomic E-state index is 12.3. The number of aromatic nitrogens is 2. The number of methoxy groups -OCH3 is 1. The summed E-state index contributed by atoms with van der Waals surface area (Å²) in [5.74, 6) is -0.484. The molecule has 2 heterocycles. The largest absolute Gasteiger partial charge is 0.457 e. The van der Waals surface area contributed by atoms with E-state index in [1.54, 1.807) is 12.3 Å². The average Bonchev–Trinajstić information content (AvgIpc) is 2.65. The Morgan fingerprint density at radius 2 is 1.96 bits per heavy atom. The zero-order valence-electron chi connectivity index (χ0n) is 14.7. The van der Waals surface area contributed by atoms with E-state index in [0.29, 0.717) is 17.8 Å². The van der Waals surface area contributed by atoms with Crippen LogP contribution in [0.15, 0.2) is 59.5 Å². The fourth-order valence-electron chi connectivity index (χ4n) is 2.66. The first kappa shape index (κ1) is 17.8. The molecule has 0 aliphatic carbocycles. The van der Waals surface area contributed by atoms with Crippen molar-refractivity contribution < 1.29 is 14.3 Å². The number of nitrogens with zero attached hydrogens (tertiary/aromatic N) is 2. The van der Waals surface area contributed by atoms with Gasteiger partial charge >= 0.3 is 5.97 Å². The number of hydrogen-bond acceptors (Lipinski definition) is 5. The Kier molecular flexibility index (Phi) is 5.43. The number of carbonyl (C=O) groups excluding carboxylic acids is 1. The number of esters is 1. The number of rotatable bonds is 6. The van der Waals surface area contributed by atoms with Gasteiger partial charge in [-0.05, 0) is 24.1 Å². The first-order valence-corrected chi connectivity index (χ1v) is 8.29. The molecular weight excluding hydrogens is 332 g/mol. The van der Waals surface area contributed by atoms with Crippen LogP contribution in [0.25, 0.3) is 5.65 Å². The summed E-state index contributed by atoms with van der Waals surface area (Å²) in [6, 6.07) is 14.6. The zero-order valence-corrected chi connectivity index (χ0v) is 14.7. The maximum Gasteiger partial charge on any atom is 0.335 e. The maximum absolute atomic E-state index is 12.3. The summed E-state index contributed by atoms with van der Waals surface area (Å²) in [6.07, 6.45) is 1.44. The Morgan fingerprint density at radius 3 is 2.69 bits per heavy atom. The summed E-state index contributed by atoms with van der Waals surface area (Å²) >= 11 is 0. The highest BCUT2D eigenvalue weighted by Crippen LogP contribution is 2.09. The minimum absolute atomic E-state index is 0.0763. The SMILES string of the molecule is COC(Cc1ccccc1)C(=O)OCc1cc(=O)n2cc(C)ccc2n1.